The van der Waals surface area contributed by atoms with Crippen LogP contribution in [0.1, 0.15) is 42.1 Å². The molecule has 1 fully saturated rings. The van der Waals surface area contributed by atoms with Gasteiger partial charge in [0.25, 0.3) is 5.91 Å². The molecule has 0 radical (unpaired) electrons. The van der Waals surface area contributed by atoms with E-state index in [1.165, 1.54) is 0 Å². The van der Waals surface area contributed by atoms with Crippen LogP contribution in [0, 0.1) is 11.8 Å². The van der Waals surface area contributed by atoms with Gasteiger partial charge in [-0.1, -0.05) is 11.8 Å². The molecule has 0 bridgehead atoms. The van der Waals surface area contributed by atoms with E-state index >= 15 is 0 Å². The van der Waals surface area contributed by atoms with E-state index in [-0.39, 0.29) is 24.7 Å². The predicted molar refractivity (Wildman–Crippen MR) is 80.9 cm³/mol. The first-order valence-electron chi connectivity index (χ1n) is 7.33. The maximum Gasteiger partial charge on any atom is 0.251 e. The summed E-state index contributed by atoms with van der Waals surface area (Å²) in [6.45, 7) is 2.82. The van der Waals surface area contributed by atoms with Gasteiger partial charge in [0.05, 0.1) is 18.8 Å². The van der Waals surface area contributed by atoms with E-state index in [4.69, 9.17) is 9.84 Å². The first-order valence-corrected chi connectivity index (χ1v) is 7.33. The summed E-state index contributed by atoms with van der Waals surface area (Å²) in [6.07, 6.45) is 2.64. The van der Waals surface area contributed by atoms with Crippen molar-refractivity contribution in [2.75, 3.05) is 13.2 Å². The highest BCUT2D eigenvalue weighted by molar-refractivity contribution is 5.94. The molecule has 1 heterocycles. The molecule has 1 aliphatic rings. The van der Waals surface area contributed by atoms with Crippen molar-refractivity contribution in [3.8, 4) is 11.8 Å². The molecule has 21 heavy (non-hydrogen) atoms. The molecule has 0 saturated carbocycles. The number of nitrogens with one attached hydrogen (secondary N) is 1. The molecule has 2 atom stereocenters. The monoisotopic (exact) mass is 287 g/mol. The number of hydrogen-bond donors (Lipinski definition) is 2. The lowest BCUT2D eigenvalue weighted by Crippen LogP contribution is -2.40. The number of aliphatic hydroxyl groups is 1. The lowest BCUT2D eigenvalue weighted by molar-refractivity contribution is 0.0712. The fourth-order valence-corrected chi connectivity index (χ4v) is 2.31. The van der Waals surface area contributed by atoms with Gasteiger partial charge in [-0.2, -0.15) is 0 Å². The fourth-order valence-electron chi connectivity index (χ4n) is 2.31. The molecule has 112 valence electrons. The lowest BCUT2D eigenvalue weighted by atomic mass is 10.1. The zero-order chi connectivity index (χ0) is 15.1. The highest BCUT2D eigenvalue weighted by Gasteiger charge is 2.23. The third-order valence-electron chi connectivity index (χ3n) is 3.50. The molecule has 2 rings (SSSR count). The number of benzene rings is 1. The summed E-state index contributed by atoms with van der Waals surface area (Å²) in [4.78, 5) is 12.1. The van der Waals surface area contributed by atoms with Crippen LogP contribution >= 0.6 is 0 Å². The smallest absolute Gasteiger partial charge is 0.251 e. The van der Waals surface area contributed by atoms with Crippen molar-refractivity contribution in [3.05, 3.63) is 35.4 Å². The number of aliphatic hydroxyl groups excluding tert-OH is 1. The van der Waals surface area contributed by atoms with E-state index in [1.54, 1.807) is 12.1 Å². The summed E-state index contributed by atoms with van der Waals surface area (Å²) in [5.74, 6) is 5.70. The zero-order valence-corrected chi connectivity index (χ0v) is 12.3. The van der Waals surface area contributed by atoms with E-state index < -0.39 is 0 Å². The number of ether oxygens (including phenoxy) is 1. The number of rotatable bonds is 4. The minimum Gasteiger partial charge on any atom is -0.395 e. The van der Waals surface area contributed by atoms with E-state index in [9.17, 15) is 4.79 Å². The van der Waals surface area contributed by atoms with Crippen LogP contribution in [0.25, 0.3) is 0 Å². The van der Waals surface area contributed by atoms with E-state index in [0.29, 0.717) is 12.0 Å². The Balaban J connectivity index is 1.92. The standard InChI is InChI=1S/C17H21NO3/c1-13(16-6-4-12-21-16)18-17(20)15-9-7-14(8-10-15)5-2-3-11-19/h7-10,13,16,19H,3-4,6,11-12H2,1H3,(H,18,20). The number of carbonyl (C=O) groups is 1. The lowest BCUT2D eigenvalue weighted by Gasteiger charge is -2.19. The Kier molecular flexibility index (Phi) is 5.79. The Labute approximate surface area is 125 Å². The second-order valence-corrected chi connectivity index (χ2v) is 5.17. The topological polar surface area (TPSA) is 58.6 Å². The quantitative estimate of drug-likeness (QED) is 0.829. The maximum atomic E-state index is 12.1. The molecule has 1 amide bonds. The van der Waals surface area contributed by atoms with Gasteiger partial charge < -0.3 is 15.2 Å². The Morgan fingerprint density at radius 2 is 2.24 bits per heavy atom. The van der Waals surface area contributed by atoms with Crippen LogP contribution in [0.15, 0.2) is 24.3 Å². The summed E-state index contributed by atoms with van der Waals surface area (Å²) in [6, 6.07) is 7.18. The molecule has 1 aromatic rings. The van der Waals surface area contributed by atoms with Gasteiger partial charge in [0.15, 0.2) is 0 Å². The first kappa shape index (κ1) is 15.6. The molecule has 1 aliphatic heterocycles. The van der Waals surface area contributed by atoms with E-state index in [0.717, 1.165) is 25.0 Å². The Morgan fingerprint density at radius 1 is 1.48 bits per heavy atom. The van der Waals surface area contributed by atoms with Crippen molar-refractivity contribution in [2.24, 2.45) is 0 Å². The Morgan fingerprint density at radius 3 is 2.86 bits per heavy atom. The number of amides is 1. The molecule has 4 heteroatoms. The van der Waals surface area contributed by atoms with Crippen molar-refractivity contribution in [1.82, 2.24) is 5.32 Å². The summed E-state index contributed by atoms with van der Waals surface area (Å²) in [5.41, 5.74) is 1.46. The van der Waals surface area contributed by atoms with Crippen molar-refractivity contribution >= 4 is 5.91 Å². The minimum atomic E-state index is -0.0899. The summed E-state index contributed by atoms with van der Waals surface area (Å²) >= 11 is 0. The van der Waals surface area contributed by atoms with Gasteiger partial charge in [-0.3, -0.25) is 4.79 Å². The van der Waals surface area contributed by atoms with Crippen LogP contribution in [0.2, 0.25) is 0 Å². The second kappa shape index (κ2) is 7.82. The van der Waals surface area contributed by atoms with E-state index in [2.05, 4.69) is 17.2 Å². The van der Waals surface area contributed by atoms with Crippen LogP contribution in [-0.2, 0) is 4.74 Å². The normalized spacial score (nSPS) is 18.7. The van der Waals surface area contributed by atoms with Crippen molar-refractivity contribution in [3.63, 3.8) is 0 Å². The minimum absolute atomic E-state index is 0.0176. The first-order chi connectivity index (χ1) is 10.2. The third-order valence-corrected chi connectivity index (χ3v) is 3.50. The van der Waals surface area contributed by atoms with Gasteiger partial charge in [0.1, 0.15) is 0 Å². The van der Waals surface area contributed by atoms with Crippen LogP contribution < -0.4 is 5.32 Å². The SMILES string of the molecule is CC(NC(=O)c1ccc(C#CCCO)cc1)C1CCCO1. The van der Waals surface area contributed by atoms with Gasteiger partial charge in [0.2, 0.25) is 0 Å². The average Bonchev–Trinajstić information content (AvgIpc) is 3.02. The molecule has 0 aliphatic carbocycles. The van der Waals surface area contributed by atoms with Crippen LogP contribution in [0.5, 0.6) is 0 Å². The van der Waals surface area contributed by atoms with Crippen LogP contribution in [0.4, 0.5) is 0 Å². The molecule has 4 nitrogen and oxygen atoms in total. The summed E-state index contributed by atoms with van der Waals surface area (Å²) in [7, 11) is 0. The molecule has 1 saturated heterocycles. The highest BCUT2D eigenvalue weighted by Crippen LogP contribution is 2.15. The molecular weight excluding hydrogens is 266 g/mol. The number of carbonyl (C=O) groups excluding carboxylic acids is 1. The maximum absolute atomic E-state index is 12.1. The Hall–Kier alpha value is -1.83. The third kappa shape index (κ3) is 4.59. The van der Waals surface area contributed by atoms with Crippen LogP contribution in [-0.4, -0.2) is 36.4 Å². The number of hydrogen-bond acceptors (Lipinski definition) is 3. The van der Waals surface area contributed by atoms with Gasteiger partial charge in [-0.15, -0.1) is 0 Å². The molecular formula is C17H21NO3. The fraction of sp³-hybridized carbons (Fsp3) is 0.471. The highest BCUT2D eigenvalue weighted by atomic mass is 16.5. The predicted octanol–water partition coefficient (Wildman–Crippen LogP) is 1.72. The van der Waals surface area contributed by atoms with Crippen molar-refractivity contribution in [2.45, 2.75) is 38.3 Å². The van der Waals surface area contributed by atoms with Crippen LogP contribution in [0.3, 0.4) is 0 Å². The molecule has 2 N–H and O–H groups in total. The second-order valence-electron chi connectivity index (χ2n) is 5.17. The zero-order valence-electron chi connectivity index (χ0n) is 12.3. The van der Waals surface area contributed by atoms with Gasteiger partial charge >= 0.3 is 0 Å². The van der Waals surface area contributed by atoms with E-state index in [1.807, 2.05) is 19.1 Å². The summed E-state index contributed by atoms with van der Waals surface area (Å²) in [5, 5.41) is 11.6. The van der Waals surface area contributed by atoms with Crippen molar-refractivity contribution in [1.29, 1.82) is 0 Å². The van der Waals surface area contributed by atoms with Crippen molar-refractivity contribution < 1.29 is 14.6 Å². The molecule has 0 spiro atoms. The summed E-state index contributed by atoms with van der Waals surface area (Å²) < 4.78 is 5.57. The largest absolute Gasteiger partial charge is 0.395 e. The average molecular weight is 287 g/mol. The Bertz CT molecular complexity index is 521. The molecule has 1 aromatic carbocycles. The van der Waals surface area contributed by atoms with Gasteiger partial charge in [-0.05, 0) is 44.0 Å². The van der Waals surface area contributed by atoms with Gasteiger partial charge in [-0.25, -0.2) is 0 Å². The molecule has 0 aromatic heterocycles. The molecule has 2 unspecified atom stereocenters. The van der Waals surface area contributed by atoms with Gasteiger partial charge in [0, 0.05) is 24.2 Å².